The minimum Gasteiger partial charge on any atom is -0.468 e. The van der Waals surface area contributed by atoms with Crippen LogP contribution in [0.1, 0.15) is 24.0 Å². The third-order valence-electron chi connectivity index (χ3n) is 4.75. The second-order valence-corrected chi connectivity index (χ2v) is 6.98. The average molecular weight is 538 g/mol. The first-order chi connectivity index (χ1) is 13.8. The van der Waals surface area contributed by atoms with Crippen molar-refractivity contribution in [1.29, 1.82) is 0 Å². The molecule has 0 atom stereocenters. The monoisotopic (exact) mass is 538 g/mol. The summed E-state index contributed by atoms with van der Waals surface area (Å²) in [4.78, 5) is 7.94. The van der Waals surface area contributed by atoms with Crippen LogP contribution in [-0.2, 0) is 12.0 Å². The fourth-order valence-corrected chi connectivity index (χ4v) is 2.99. The Morgan fingerprint density at radius 3 is 2.60 bits per heavy atom. The van der Waals surface area contributed by atoms with E-state index in [1.165, 1.54) is 18.3 Å². The molecule has 0 saturated heterocycles. The van der Waals surface area contributed by atoms with Crippen molar-refractivity contribution in [2.75, 3.05) is 20.2 Å². The van der Waals surface area contributed by atoms with Gasteiger partial charge in [0.05, 0.1) is 0 Å². The Morgan fingerprint density at radius 1 is 1.20 bits per heavy atom. The lowest BCUT2D eigenvalue weighted by molar-refractivity contribution is -0.154. The molecule has 2 N–H and O–H groups in total. The van der Waals surface area contributed by atoms with Gasteiger partial charge >= 0.3 is 6.18 Å². The van der Waals surface area contributed by atoms with E-state index >= 15 is 0 Å². The molecule has 0 radical (unpaired) electrons. The Kier molecular flexibility index (Phi) is 8.27. The lowest BCUT2D eigenvalue weighted by Gasteiger charge is -2.19. The molecule has 0 spiro atoms. The maximum atomic E-state index is 13.5. The average Bonchev–Trinajstić information content (AvgIpc) is 3.48. The lowest BCUT2D eigenvalue weighted by Crippen LogP contribution is -2.40. The largest absolute Gasteiger partial charge is 0.468 e. The molecular formula is C20H23F4IN4O. The fourth-order valence-electron chi connectivity index (χ4n) is 2.99. The number of alkyl halides is 3. The number of guanidine groups is 1. The van der Waals surface area contributed by atoms with E-state index in [4.69, 9.17) is 0 Å². The van der Waals surface area contributed by atoms with E-state index in [1.54, 1.807) is 25.2 Å². The van der Waals surface area contributed by atoms with Crippen LogP contribution >= 0.6 is 24.0 Å². The van der Waals surface area contributed by atoms with E-state index < -0.39 is 12.8 Å². The number of pyridine rings is 1. The third-order valence-corrected chi connectivity index (χ3v) is 4.75. The zero-order valence-corrected chi connectivity index (χ0v) is 18.6. The standard InChI is InChI=1S/C20H22F4N4O.HI/c1-25-18(28-12-19(6-7-19)15-3-2-4-16(21)10-15)27-11-14-5-8-26-17(9-14)29-13-20(22,23)24;/h2-5,8-10H,6-7,11-13H2,1H3,(H2,25,27,28);1H. The van der Waals surface area contributed by atoms with Crippen LogP contribution < -0.4 is 15.4 Å². The second kappa shape index (κ2) is 10.3. The predicted octanol–water partition coefficient (Wildman–Crippen LogP) is 4.18. The Hall–Kier alpha value is -2.11. The van der Waals surface area contributed by atoms with Gasteiger partial charge in [-0.1, -0.05) is 12.1 Å². The van der Waals surface area contributed by atoms with E-state index in [0.717, 1.165) is 18.4 Å². The summed E-state index contributed by atoms with van der Waals surface area (Å²) in [6.45, 7) is -0.452. The van der Waals surface area contributed by atoms with E-state index in [2.05, 4.69) is 25.3 Å². The summed E-state index contributed by atoms with van der Waals surface area (Å²) in [7, 11) is 1.63. The number of nitrogens with zero attached hydrogens (tertiary/aromatic N) is 2. The molecule has 1 saturated carbocycles. The highest BCUT2D eigenvalue weighted by Crippen LogP contribution is 2.47. The molecule has 1 aromatic heterocycles. The number of ether oxygens (including phenoxy) is 1. The van der Waals surface area contributed by atoms with Crippen molar-refractivity contribution in [3.05, 3.63) is 59.5 Å². The number of aromatic nitrogens is 1. The minimum absolute atomic E-state index is 0. The van der Waals surface area contributed by atoms with Gasteiger partial charge in [0.1, 0.15) is 5.82 Å². The van der Waals surface area contributed by atoms with Crippen LogP contribution in [0.4, 0.5) is 17.6 Å². The SMILES string of the molecule is CN=C(NCc1ccnc(OCC(F)(F)F)c1)NCC1(c2cccc(F)c2)CC1.I. The summed E-state index contributed by atoms with van der Waals surface area (Å²) in [5.41, 5.74) is 1.56. The number of nitrogens with one attached hydrogen (secondary N) is 2. The van der Waals surface area contributed by atoms with E-state index in [-0.39, 0.29) is 41.1 Å². The van der Waals surface area contributed by atoms with Crippen molar-refractivity contribution in [2.24, 2.45) is 4.99 Å². The quantitative estimate of drug-likeness (QED) is 0.241. The zero-order chi connectivity index (χ0) is 20.9. The van der Waals surface area contributed by atoms with Gasteiger partial charge < -0.3 is 15.4 Å². The topological polar surface area (TPSA) is 58.5 Å². The third kappa shape index (κ3) is 6.99. The Balaban J connectivity index is 0.00000320. The Labute approximate surface area is 189 Å². The number of rotatable bonds is 7. The summed E-state index contributed by atoms with van der Waals surface area (Å²) in [5.74, 6) is 0.201. The maximum Gasteiger partial charge on any atom is 0.422 e. The molecule has 1 aliphatic carbocycles. The number of benzene rings is 1. The van der Waals surface area contributed by atoms with Gasteiger partial charge in [-0.3, -0.25) is 4.99 Å². The molecule has 1 fully saturated rings. The minimum atomic E-state index is -4.41. The normalized spacial score (nSPS) is 15.2. The van der Waals surface area contributed by atoms with Crippen molar-refractivity contribution in [1.82, 2.24) is 15.6 Å². The van der Waals surface area contributed by atoms with Gasteiger partial charge in [-0.25, -0.2) is 9.37 Å². The molecule has 0 amide bonds. The summed E-state index contributed by atoms with van der Waals surface area (Å²) in [6, 6.07) is 9.74. The molecular weight excluding hydrogens is 515 g/mol. The van der Waals surface area contributed by atoms with Crippen molar-refractivity contribution >= 4 is 29.9 Å². The first-order valence-electron chi connectivity index (χ1n) is 9.15. The van der Waals surface area contributed by atoms with Gasteiger partial charge in [0, 0.05) is 37.8 Å². The summed E-state index contributed by atoms with van der Waals surface area (Å²) in [6.07, 6.45) is -1.10. The number of hydrogen-bond donors (Lipinski definition) is 2. The van der Waals surface area contributed by atoms with Crippen molar-refractivity contribution < 1.29 is 22.3 Å². The van der Waals surface area contributed by atoms with Gasteiger partial charge in [0.2, 0.25) is 5.88 Å². The number of aliphatic imine (C=N–C) groups is 1. The first kappa shape index (κ1) is 24.2. The zero-order valence-electron chi connectivity index (χ0n) is 16.3. The van der Waals surface area contributed by atoms with Gasteiger partial charge in [-0.05, 0) is 42.2 Å². The van der Waals surface area contributed by atoms with Gasteiger partial charge in [-0.2, -0.15) is 13.2 Å². The van der Waals surface area contributed by atoms with E-state index in [9.17, 15) is 17.6 Å². The van der Waals surface area contributed by atoms with Crippen LogP contribution in [0.25, 0.3) is 0 Å². The van der Waals surface area contributed by atoms with Gasteiger partial charge in [-0.15, -0.1) is 24.0 Å². The highest BCUT2D eigenvalue weighted by molar-refractivity contribution is 14.0. The van der Waals surface area contributed by atoms with Crippen LogP contribution in [0.15, 0.2) is 47.6 Å². The molecule has 10 heteroatoms. The molecule has 1 aromatic carbocycles. The van der Waals surface area contributed by atoms with Crippen LogP contribution in [-0.4, -0.2) is 37.3 Å². The van der Waals surface area contributed by atoms with E-state index in [0.29, 0.717) is 24.6 Å². The van der Waals surface area contributed by atoms with Crippen LogP contribution in [0.3, 0.4) is 0 Å². The van der Waals surface area contributed by atoms with Gasteiger partial charge in [0.25, 0.3) is 0 Å². The number of hydrogen-bond acceptors (Lipinski definition) is 3. The Morgan fingerprint density at radius 2 is 1.97 bits per heavy atom. The van der Waals surface area contributed by atoms with Crippen molar-refractivity contribution in [3.63, 3.8) is 0 Å². The molecule has 1 heterocycles. The Bertz CT molecular complexity index is 872. The predicted molar refractivity (Wildman–Crippen MR) is 117 cm³/mol. The summed E-state index contributed by atoms with van der Waals surface area (Å²) < 4.78 is 55.0. The highest BCUT2D eigenvalue weighted by Gasteiger charge is 2.44. The molecule has 5 nitrogen and oxygen atoms in total. The molecule has 0 bridgehead atoms. The smallest absolute Gasteiger partial charge is 0.422 e. The molecule has 0 aliphatic heterocycles. The van der Waals surface area contributed by atoms with Crippen LogP contribution in [0.5, 0.6) is 5.88 Å². The maximum absolute atomic E-state index is 13.5. The fraction of sp³-hybridized carbons (Fsp3) is 0.400. The van der Waals surface area contributed by atoms with Crippen molar-refractivity contribution in [3.8, 4) is 5.88 Å². The van der Waals surface area contributed by atoms with E-state index in [1.807, 2.05) is 6.07 Å². The molecule has 3 rings (SSSR count). The van der Waals surface area contributed by atoms with Crippen molar-refractivity contribution in [2.45, 2.75) is 31.0 Å². The van der Waals surface area contributed by atoms with Crippen LogP contribution in [0, 0.1) is 5.82 Å². The highest BCUT2D eigenvalue weighted by atomic mass is 127. The summed E-state index contributed by atoms with van der Waals surface area (Å²) in [5, 5.41) is 6.35. The molecule has 1 aliphatic rings. The second-order valence-electron chi connectivity index (χ2n) is 6.98. The number of halogens is 5. The van der Waals surface area contributed by atoms with Gasteiger partial charge in [0.15, 0.2) is 12.6 Å². The lowest BCUT2D eigenvalue weighted by atomic mass is 9.96. The summed E-state index contributed by atoms with van der Waals surface area (Å²) >= 11 is 0. The molecule has 0 unspecified atom stereocenters. The first-order valence-corrected chi connectivity index (χ1v) is 9.15. The molecule has 164 valence electrons. The molecule has 30 heavy (non-hydrogen) atoms. The molecule has 2 aromatic rings. The van der Waals surface area contributed by atoms with Crippen LogP contribution in [0.2, 0.25) is 0 Å².